The normalized spacial score (nSPS) is 22.6. The summed E-state index contributed by atoms with van der Waals surface area (Å²) in [5.74, 6) is 0.595. The third kappa shape index (κ3) is 3.35. The van der Waals surface area contributed by atoms with E-state index in [0.717, 1.165) is 31.6 Å². The molecule has 0 spiro atoms. The van der Waals surface area contributed by atoms with Gasteiger partial charge in [0.05, 0.1) is 4.90 Å². The van der Waals surface area contributed by atoms with Crippen molar-refractivity contribution in [2.45, 2.75) is 24.3 Å². The van der Waals surface area contributed by atoms with Gasteiger partial charge >= 0.3 is 0 Å². The Labute approximate surface area is 115 Å². The summed E-state index contributed by atoms with van der Waals surface area (Å²) in [4.78, 5) is 2.79. The molecular weight excluding hydrogens is 260 g/mol. The molecule has 1 saturated heterocycles. The van der Waals surface area contributed by atoms with Crippen LogP contribution in [0.25, 0.3) is 0 Å². The molecule has 4 nitrogen and oxygen atoms in total. The Bertz CT molecular complexity index is 525. The fraction of sp³-hybridized carbons (Fsp3) is 0.571. The van der Waals surface area contributed by atoms with Crippen molar-refractivity contribution in [3.05, 3.63) is 29.8 Å². The number of sulfone groups is 1. The van der Waals surface area contributed by atoms with Crippen molar-refractivity contribution in [3.8, 4) is 0 Å². The van der Waals surface area contributed by atoms with Crippen LogP contribution in [0, 0.1) is 5.92 Å². The first-order valence-corrected chi connectivity index (χ1v) is 8.55. The highest BCUT2D eigenvalue weighted by Gasteiger charge is 2.25. The summed E-state index contributed by atoms with van der Waals surface area (Å²) in [5, 5.41) is 0. The predicted octanol–water partition coefficient (Wildman–Crippen LogP) is 1.43. The van der Waals surface area contributed by atoms with Gasteiger partial charge in [-0.05, 0) is 50.0 Å². The fourth-order valence-corrected chi connectivity index (χ4v) is 3.24. The van der Waals surface area contributed by atoms with Crippen molar-refractivity contribution in [2.75, 3.05) is 25.9 Å². The second-order valence-corrected chi connectivity index (χ2v) is 7.42. The van der Waals surface area contributed by atoms with E-state index < -0.39 is 9.84 Å². The molecule has 0 saturated carbocycles. The number of likely N-dealkylation sites (tertiary alicyclic amines) is 1. The molecule has 106 valence electrons. The topological polar surface area (TPSA) is 63.4 Å². The van der Waals surface area contributed by atoms with E-state index in [0.29, 0.717) is 16.9 Å². The molecule has 1 aliphatic heterocycles. The van der Waals surface area contributed by atoms with Crippen molar-refractivity contribution in [1.82, 2.24) is 4.90 Å². The number of hydrogen-bond acceptors (Lipinski definition) is 4. The lowest BCUT2D eigenvalue weighted by Crippen LogP contribution is -2.26. The van der Waals surface area contributed by atoms with E-state index in [9.17, 15) is 8.42 Å². The summed E-state index contributed by atoms with van der Waals surface area (Å²) >= 11 is 0. The van der Waals surface area contributed by atoms with Crippen LogP contribution in [0.5, 0.6) is 0 Å². The van der Waals surface area contributed by atoms with Gasteiger partial charge < -0.3 is 5.73 Å². The van der Waals surface area contributed by atoms with Gasteiger partial charge in [-0.15, -0.1) is 0 Å². The summed E-state index contributed by atoms with van der Waals surface area (Å²) in [6.07, 6.45) is 2.39. The Kier molecular flexibility index (Phi) is 4.28. The van der Waals surface area contributed by atoms with E-state index in [-0.39, 0.29) is 0 Å². The minimum absolute atomic E-state index is 0.310. The molecule has 1 heterocycles. The SMILES string of the molecule is CC(c1ccc(S(C)(=O)=O)cc1)N1CCC(CN)C1. The number of hydrogen-bond donors (Lipinski definition) is 1. The molecule has 1 fully saturated rings. The first kappa shape index (κ1) is 14.5. The zero-order valence-electron chi connectivity index (χ0n) is 11.5. The van der Waals surface area contributed by atoms with E-state index in [4.69, 9.17) is 5.73 Å². The average Bonchev–Trinajstić information content (AvgIpc) is 2.86. The van der Waals surface area contributed by atoms with Crippen molar-refractivity contribution in [3.63, 3.8) is 0 Å². The highest BCUT2D eigenvalue weighted by molar-refractivity contribution is 7.90. The second kappa shape index (κ2) is 5.61. The molecule has 2 unspecified atom stereocenters. The van der Waals surface area contributed by atoms with Crippen molar-refractivity contribution < 1.29 is 8.42 Å². The standard InChI is InChI=1S/C14H22N2O2S/c1-11(16-8-7-12(9-15)10-16)13-3-5-14(6-4-13)19(2,17)18/h3-6,11-12H,7-10,15H2,1-2H3. The van der Waals surface area contributed by atoms with Gasteiger partial charge in [-0.1, -0.05) is 12.1 Å². The molecule has 1 aromatic rings. The Morgan fingerprint density at radius 1 is 1.37 bits per heavy atom. The molecule has 19 heavy (non-hydrogen) atoms. The van der Waals surface area contributed by atoms with Gasteiger partial charge in [-0.2, -0.15) is 0 Å². The van der Waals surface area contributed by atoms with Crippen LogP contribution in [-0.2, 0) is 9.84 Å². The third-order valence-electron chi connectivity index (χ3n) is 3.99. The molecule has 2 N–H and O–H groups in total. The van der Waals surface area contributed by atoms with E-state index >= 15 is 0 Å². The van der Waals surface area contributed by atoms with Crippen molar-refractivity contribution in [2.24, 2.45) is 11.7 Å². The van der Waals surface area contributed by atoms with E-state index in [1.807, 2.05) is 12.1 Å². The molecule has 2 rings (SSSR count). The smallest absolute Gasteiger partial charge is 0.175 e. The largest absolute Gasteiger partial charge is 0.330 e. The minimum Gasteiger partial charge on any atom is -0.330 e. The quantitative estimate of drug-likeness (QED) is 0.907. The first-order valence-electron chi connectivity index (χ1n) is 6.66. The zero-order chi connectivity index (χ0) is 14.0. The molecule has 2 atom stereocenters. The summed E-state index contributed by atoms with van der Waals surface area (Å²) in [5.41, 5.74) is 6.87. The maximum absolute atomic E-state index is 11.4. The van der Waals surface area contributed by atoms with Gasteiger partial charge in [0.25, 0.3) is 0 Å². The molecule has 5 heteroatoms. The zero-order valence-corrected chi connectivity index (χ0v) is 12.4. The predicted molar refractivity (Wildman–Crippen MR) is 76.7 cm³/mol. The Balaban J connectivity index is 2.10. The highest BCUT2D eigenvalue weighted by Crippen LogP contribution is 2.27. The van der Waals surface area contributed by atoms with Crippen LogP contribution in [0.4, 0.5) is 0 Å². The van der Waals surface area contributed by atoms with E-state index in [2.05, 4.69) is 11.8 Å². The van der Waals surface area contributed by atoms with Gasteiger partial charge in [0, 0.05) is 18.8 Å². The molecule has 0 aromatic heterocycles. The lowest BCUT2D eigenvalue weighted by atomic mass is 10.1. The molecule has 0 amide bonds. The first-order chi connectivity index (χ1) is 8.91. The summed E-state index contributed by atoms with van der Waals surface area (Å²) < 4.78 is 22.9. The molecule has 0 radical (unpaired) electrons. The van der Waals surface area contributed by atoms with Gasteiger partial charge in [0.1, 0.15) is 0 Å². The van der Waals surface area contributed by atoms with Gasteiger partial charge in [0.2, 0.25) is 0 Å². The molecule has 0 bridgehead atoms. The van der Waals surface area contributed by atoms with Crippen LogP contribution in [0.3, 0.4) is 0 Å². The molecule has 1 aliphatic rings. The van der Waals surface area contributed by atoms with Crippen molar-refractivity contribution in [1.29, 1.82) is 0 Å². The summed E-state index contributed by atoms with van der Waals surface area (Å²) in [6.45, 7) is 5.01. The van der Waals surface area contributed by atoms with Crippen LogP contribution < -0.4 is 5.73 Å². The van der Waals surface area contributed by atoms with Gasteiger partial charge in [-0.3, -0.25) is 4.90 Å². The highest BCUT2D eigenvalue weighted by atomic mass is 32.2. The van der Waals surface area contributed by atoms with Crippen LogP contribution >= 0.6 is 0 Å². The minimum atomic E-state index is -3.11. The van der Waals surface area contributed by atoms with E-state index in [1.54, 1.807) is 12.1 Å². The van der Waals surface area contributed by atoms with Crippen LogP contribution in [0.2, 0.25) is 0 Å². The molecule has 1 aromatic carbocycles. The molecular formula is C14H22N2O2S. The Morgan fingerprint density at radius 2 is 2.00 bits per heavy atom. The maximum Gasteiger partial charge on any atom is 0.175 e. The van der Waals surface area contributed by atoms with Gasteiger partial charge in [0.15, 0.2) is 9.84 Å². The number of benzene rings is 1. The van der Waals surface area contributed by atoms with Gasteiger partial charge in [-0.25, -0.2) is 8.42 Å². The average molecular weight is 282 g/mol. The van der Waals surface area contributed by atoms with Crippen molar-refractivity contribution >= 4 is 9.84 Å². The fourth-order valence-electron chi connectivity index (χ4n) is 2.61. The number of nitrogens with zero attached hydrogens (tertiary/aromatic N) is 1. The third-order valence-corrected chi connectivity index (χ3v) is 5.12. The van der Waals surface area contributed by atoms with Crippen LogP contribution in [0.1, 0.15) is 24.9 Å². The monoisotopic (exact) mass is 282 g/mol. The Hall–Kier alpha value is -0.910. The van der Waals surface area contributed by atoms with Crippen LogP contribution in [-0.4, -0.2) is 39.2 Å². The maximum atomic E-state index is 11.4. The lowest BCUT2D eigenvalue weighted by Gasteiger charge is -2.24. The second-order valence-electron chi connectivity index (χ2n) is 5.40. The number of nitrogens with two attached hydrogens (primary N) is 1. The Morgan fingerprint density at radius 3 is 2.47 bits per heavy atom. The summed E-state index contributed by atoms with van der Waals surface area (Å²) in [7, 11) is -3.11. The summed E-state index contributed by atoms with van der Waals surface area (Å²) in [6, 6.07) is 7.52. The van der Waals surface area contributed by atoms with Crippen LogP contribution in [0.15, 0.2) is 29.2 Å². The molecule has 0 aliphatic carbocycles. The number of rotatable bonds is 4. The van der Waals surface area contributed by atoms with E-state index in [1.165, 1.54) is 6.26 Å². The lowest BCUT2D eigenvalue weighted by molar-refractivity contribution is 0.253.